The van der Waals surface area contributed by atoms with Gasteiger partial charge in [-0.15, -0.1) is 0 Å². The predicted molar refractivity (Wildman–Crippen MR) is 103 cm³/mol. The Morgan fingerprint density at radius 1 is 1.11 bits per heavy atom. The molecule has 152 valence electrons. The summed E-state index contributed by atoms with van der Waals surface area (Å²) in [7, 11) is 1.79. The predicted octanol–water partition coefficient (Wildman–Crippen LogP) is -3.06. The topological polar surface area (TPSA) is 184 Å². The quantitative estimate of drug-likeness (QED) is 0.424. The number of ether oxygens (including phenoxy) is 2. The molecule has 3 rings (SSSR count). The van der Waals surface area contributed by atoms with Crippen molar-refractivity contribution < 1.29 is 61.1 Å². The number of nitrogens with one attached hydrogen (secondary N) is 1. The van der Waals surface area contributed by atoms with Gasteiger partial charge in [-0.3, -0.25) is 9.19 Å². The standard InChI is InChI=1S/C16H18N4O3S.Na.3H2O.H/c1-9-7-17-12(10(2)14(9)23-4)8-24(21)16-18-11-5-6-13(22-3)19-15(11)20-16;;;;;/h5-7H,8H2,1-4H3,(H,18,19,20);;3*1H2;/q;+1;;;;-1. The first kappa shape index (κ1) is 28.6. The Balaban J connectivity index is -0.00000135. The van der Waals surface area contributed by atoms with Crippen molar-refractivity contribution in [3.63, 3.8) is 0 Å². The summed E-state index contributed by atoms with van der Waals surface area (Å²) in [6.45, 7) is 3.84. The molecule has 0 aliphatic heterocycles. The van der Waals surface area contributed by atoms with Crippen LogP contribution in [0.4, 0.5) is 0 Å². The summed E-state index contributed by atoms with van der Waals surface area (Å²) in [5.74, 6) is 1.49. The van der Waals surface area contributed by atoms with Crippen LogP contribution in [0.2, 0.25) is 0 Å². The Bertz CT molecular complexity index is 943. The van der Waals surface area contributed by atoms with E-state index in [9.17, 15) is 4.21 Å². The third-order valence-electron chi connectivity index (χ3n) is 3.74. The van der Waals surface area contributed by atoms with Gasteiger partial charge >= 0.3 is 29.6 Å². The Morgan fingerprint density at radius 3 is 2.39 bits per heavy atom. The molecule has 7 N–H and O–H groups in total. The van der Waals surface area contributed by atoms with Crippen LogP contribution in [-0.4, -0.2) is 54.8 Å². The number of aryl methyl sites for hydroxylation is 1. The van der Waals surface area contributed by atoms with Crippen molar-refractivity contribution in [3.05, 3.63) is 35.2 Å². The molecular weight excluding hydrogens is 399 g/mol. The van der Waals surface area contributed by atoms with E-state index in [1.54, 1.807) is 32.5 Å². The van der Waals surface area contributed by atoms with Gasteiger partial charge in [-0.1, -0.05) is 0 Å². The molecule has 28 heavy (non-hydrogen) atoms. The molecule has 0 amide bonds. The number of H-pyrrole nitrogens is 1. The first-order chi connectivity index (χ1) is 11.5. The number of pyridine rings is 2. The van der Waals surface area contributed by atoms with Crippen molar-refractivity contribution in [2.45, 2.75) is 24.8 Å². The summed E-state index contributed by atoms with van der Waals surface area (Å²) < 4.78 is 23.1. The van der Waals surface area contributed by atoms with Crippen LogP contribution in [0.25, 0.3) is 11.2 Å². The molecule has 0 aromatic carbocycles. The SMILES string of the molecule is COc1ccc2[nH]c(S(=O)Cc3ncc(C)c(OC)c3C)nc2n1.O.O.O.[H-].[Na+]. The van der Waals surface area contributed by atoms with E-state index in [-0.39, 0.29) is 53.2 Å². The van der Waals surface area contributed by atoms with E-state index in [0.29, 0.717) is 22.2 Å². The second kappa shape index (κ2) is 12.1. The average molecular weight is 424 g/mol. The molecule has 3 aromatic rings. The molecule has 0 radical (unpaired) electrons. The van der Waals surface area contributed by atoms with Gasteiger partial charge in [-0.25, -0.2) is 4.98 Å². The van der Waals surface area contributed by atoms with Gasteiger partial charge in [-0.2, -0.15) is 4.98 Å². The summed E-state index contributed by atoms with van der Waals surface area (Å²) in [4.78, 5) is 15.9. The van der Waals surface area contributed by atoms with Crippen LogP contribution in [0.5, 0.6) is 11.6 Å². The third-order valence-corrected chi connectivity index (χ3v) is 4.90. The fourth-order valence-electron chi connectivity index (χ4n) is 2.48. The van der Waals surface area contributed by atoms with E-state index in [1.807, 2.05) is 13.8 Å². The van der Waals surface area contributed by atoms with Crippen LogP contribution >= 0.6 is 0 Å². The van der Waals surface area contributed by atoms with Gasteiger partial charge in [0.1, 0.15) is 5.75 Å². The third kappa shape index (κ3) is 5.70. The number of nitrogens with zero attached hydrogens (tertiary/aromatic N) is 3. The zero-order chi connectivity index (χ0) is 17.3. The van der Waals surface area contributed by atoms with Crippen LogP contribution in [-0.2, 0) is 16.6 Å². The number of hydrogen-bond acceptors (Lipinski definition) is 6. The largest absolute Gasteiger partial charge is 1.00 e. The first-order valence-corrected chi connectivity index (χ1v) is 8.63. The molecule has 0 aliphatic rings. The van der Waals surface area contributed by atoms with Gasteiger partial charge in [0.15, 0.2) is 10.8 Å². The van der Waals surface area contributed by atoms with E-state index >= 15 is 0 Å². The minimum atomic E-state index is -1.37. The first-order valence-electron chi connectivity index (χ1n) is 7.31. The van der Waals surface area contributed by atoms with Crippen LogP contribution in [0.1, 0.15) is 18.2 Å². The van der Waals surface area contributed by atoms with Crippen molar-refractivity contribution in [1.29, 1.82) is 0 Å². The Hall–Kier alpha value is -1.60. The zero-order valence-electron chi connectivity index (χ0n) is 17.4. The number of fused-ring (bicyclic) bond motifs is 1. The second-order valence-electron chi connectivity index (χ2n) is 5.30. The summed E-state index contributed by atoms with van der Waals surface area (Å²) in [6.07, 6.45) is 1.73. The van der Waals surface area contributed by atoms with E-state index in [0.717, 1.165) is 22.6 Å². The van der Waals surface area contributed by atoms with Crippen molar-refractivity contribution in [1.82, 2.24) is 19.9 Å². The summed E-state index contributed by atoms with van der Waals surface area (Å²) >= 11 is 0. The number of aromatic amines is 1. The second-order valence-corrected chi connectivity index (χ2v) is 6.67. The minimum Gasteiger partial charge on any atom is -1.00 e. The van der Waals surface area contributed by atoms with Gasteiger partial charge in [0.25, 0.3) is 0 Å². The monoisotopic (exact) mass is 424 g/mol. The molecule has 0 bridgehead atoms. The molecule has 0 saturated heterocycles. The number of aromatic nitrogens is 4. The smallest absolute Gasteiger partial charge is 1.00 e. The number of methoxy groups -OCH3 is 2. The molecule has 3 aromatic heterocycles. The molecule has 12 heteroatoms. The molecule has 0 aliphatic carbocycles. The fraction of sp³-hybridized carbons (Fsp3) is 0.312. The summed E-state index contributed by atoms with van der Waals surface area (Å²) in [5, 5.41) is 0.367. The van der Waals surface area contributed by atoms with E-state index in [2.05, 4.69) is 19.9 Å². The molecule has 0 fully saturated rings. The maximum absolute atomic E-state index is 12.7. The van der Waals surface area contributed by atoms with E-state index in [1.165, 1.54) is 0 Å². The fourth-order valence-corrected chi connectivity index (χ4v) is 3.57. The minimum absolute atomic E-state index is 0. The van der Waals surface area contributed by atoms with Gasteiger partial charge in [0.2, 0.25) is 5.88 Å². The van der Waals surface area contributed by atoms with Gasteiger partial charge in [0.05, 0.1) is 42.0 Å². The number of hydrogen-bond donors (Lipinski definition) is 1. The Labute approximate surface area is 188 Å². The van der Waals surface area contributed by atoms with Crippen LogP contribution in [0.15, 0.2) is 23.5 Å². The van der Waals surface area contributed by atoms with E-state index in [4.69, 9.17) is 9.47 Å². The number of imidazole rings is 1. The molecule has 0 spiro atoms. The average Bonchev–Trinajstić information content (AvgIpc) is 3.01. The van der Waals surface area contributed by atoms with Crippen LogP contribution in [0, 0.1) is 13.8 Å². The van der Waals surface area contributed by atoms with Gasteiger partial charge < -0.3 is 32.3 Å². The van der Waals surface area contributed by atoms with Gasteiger partial charge in [-0.05, 0) is 19.9 Å². The molecular formula is C16H25N4NaO6S. The van der Waals surface area contributed by atoms with Crippen LogP contribution in [0.3, 0.4) is 0 Å². The maximum atomic E-state index is 12.7. The molecule has 3 heterocycles. The number of rotatable bonds is 5. The Morgan fingerprint density at radius 2 is 1.79 bits per heavy atom. The normalized spacial score (nSPS) is 10.6. The summed E-state index contributed by atoms with van der Waals surface area (Å²) in [5.41, 5.74) is 3.75. The molecule has 0 saturated carbocycles. The molecule has 1 atom stereocenters. The van der Waals surface area contributed by atoms with Crippen molar-refractivity contribution >= 4 is 22.0 Å². The molecule has 1 unspecified atom stereocenters. The van der Waals surface area contributed by atoms with Gasteiger partial charge in [0, 0.05) is 23.4 Å². The van der Waals surface area contributed by atoms with Crippen LogP contribution < -0.4 is 39.0 Å². The molecule has 10 nitrogen and oxygen atoms in total. The Kier molecular flexibility index (Phi) is 12.3. The maximum Gasteiger partial charge on any atom is 1.00 e. The van der Waals surface area contributed by atoms with Crippen molar-refractivity contribution in [2.75, 3.05) is 14.2 Å². The van der Waals surface area contributed by atoms with E-state index < -0.39 is 10.8 Å². The summed E-state index contributed by atoms with van der Waals surface area (Å²) in [6, 6.07) is 3.52. The zero-order valence-corrected chi connectivity index (χ0v) is 19.2. The van der Waals surface area contributed by atoms with Crippen molar-refractivity contribution in [3.8, 4) is 11.6 Å². The van der Waals surface area contributed by atoms with Crippen molar-refractivity contribution in [2.24, 2.45) is 0 Å².